The van der Waals surface area contributed by atoms with Crippen LogP contribution in [-0.4, -0.2) is 22.5 Å². The van der Waals surface area contributed by atoms with Crippen LogP contribution in [0.1, 0.15) is 44.1 Å². The molecule has 4 saturated carbocycles. The Balaban J connectivity index is 1.25. The number of fused-ring (bicyclic) bond motifs is 1. The van der Waals surface area contributed by atoms with Crippen molar-refractivity contribution in [2.75, 3.05) is 12.5 Å². The smallest absolute Gasteiger partial charge is 0.251 e. The lowest BCUT2D eigenvalue weighted by molar-refractivity contribution is -0.144. The van der Waals surface area contributed by atoms with E-state index >= 15 is 0 Å². The first kappa shape index (κ1) is 22.5. The molecule has 0 spiro atoms. The monoisotopic (exact) mass is 491 g/mol. The Morgan fingerprint density at radius 2 is 1.80 bits per heavy atom. The molecule has 182 valence electrons. The Kier molecular flexibility index (Phi) is 5.33. The van der Waals surface area contributed by atoms with Gasteiger partial charge in [-0.3, -0.25) is 20.4 Å². The van der Waals surface area contributed by atoms with Gasteiger partial charge in [-0.25, -0.2) is 0 Å². The van der Waals surface area contributed by atoms with Gasteiger partial charge in [-0.15, -0.1) is 11.6 Å². The van der Waals surface area contributed by atoms with Crippen molar-refractivity contribution < 1.29 is 9.53 Å². The van der Waals surface area contributed by atoms with E-state index in [1.165, 1.54) is 6.42 Å². The van der Waals surface area contributed by atoms with Gasteiger partial charge in [0.25, 0.3) is 5.56 Å². The number of amides is 1. The second-order valence-corrected chi connectivity index (χ2v) is 11.6. The number of ether oxygens (including phenoxy) is 1. The summed E-state index contributed by atoms with van der Waals surface area (Å²) in [6.07, 6.45) is 5.93. The number of hydrogen-bond acceptors (Lipinski definition) is 4. The van der Waals surface area contributed by atoms with Gasteiger partial charge in [0.15, 0.2) is 0 Å². The molecule has 3 aromatic rings. The molecule has 35 heavy (non-hydrogen) atoms. The summed E-state index contributed by atoms with van der Waals surface area (Å²) >= 11 is 6.94. The van der Waals surface area contributed by atoms with Crippen molar-refractivity contribution in [3.05, 3.63) is 70.5 Å². The van der Waals surface area contributed by atoms with E-state index in [0.717, 1.165) is 60.0 Å². The highest BCUT2D eigenvalue weighted by molar-refractivity contribution is 6.24. The lowest BCUT2D eigenvalue weighted by atomic mass is 9.49. The van der Waals surface area contributed by atoms with Gasteiger partial charge >= 0.3 is 0 Å². The molecule has 4 fully saturated rings. The van der Waals surface area contributed by atoms with Crippen molar-refractivity contribution in [2.24, 2.45) is 17.3 Å². The summed E-state index contributed by atoms with van der Waals surface area (Å²) in [6.45, 7) is 0.444. The minimum absolute atomic E-state index is 0.0418. The molecule has 1 aromatic heterocycles. The zero-order valence-corrected chi connectivity index (χ0v) is 20.6. The molecule has 0 saturated heterocycles. The largest absolute Gasteiger partial charge is 0.497 e. The number of methoxy groups -OCH3 is 1. The van der Waals surface area contributed by atoms with Crippen LogP contribution < -0.4 is 21.1 Å². The summed E-state index contributed by atoms with van der Waals surface area (Å²) in [6, 6.07) is 16.9. The lowest BCUT2D eigenvalue weighted by Crippen LogP contribution is -2.59. The fourth-order valence-corrected chi connectivity index (χ4v) is 7.88. The van der Waals surface area contributed by atoms with Gasteiger partial charge in [0, 0.05) is 16.3 Å². The summed E-state index contributed by atoms with van der Waals surface area (Å²) in [4.78, 5) is 26.0. The third kappa shape index (κ3) is 3.98. The summed E-state index contributed by atoms with van der Waals surface area (Å²) in [7, 11) is 1.63. The molecule has 7 heteroatoms. The maximum Gasteiger partial charge on any atom is 0.251 e. The number of halogens is 1. The standard InChI is InChI=1S/C28H30ClN3O3/c1-35-21-7-5-18(6-8-21)16-32-24-4-2-3-23(22(24)9-10-25(32)33)30-31-26(34)27-12-19-11-20(13-27)15-28(29,14-19)17-27/h2-10,19-20,30H,11-17H2,1H3,(H,31,34). The number of carbonyl (C=O) groups is 1. The molecule has 1 heterocycles. The molecular weight excluding hydrogens is 462 g/mol. The summed E-state index contributed by atoms with van der Waals surface area (Å²) in [5.41, 5.74) is 8.32. The van der Waals surface area contributed by atoms with Crippen molar-refractivity contribution >= 4 is 34.1 Å². The highest BCUT2D eigenvalue weighted by Crippen LogP contribution is 2.63. The number of aromatic nitrogens is 1. The van der Waals surface area contributed by atoms with Crippen molar-refractivity contribution in [1.29, 1.82) is 0 Å². The Morgan fingerprint density at radius 3 is 2.49 bits per heavy atom. The molecule has 7 rings (SSSR count). The molecule has 0 aliphatic heterocycles. The number of rotatable bonds is 6. The molecule has 1 amide bonds. The second kappa shape index (κ2) is 8.30. The topological polar surface area (TPSA) is 72.4 Å². The van der Waals surface area contributed by atoms with E-state index in [0.29, 0.717) is 18.4 Å². The van der Waals surface area contributed by atoms with E-state index in [-0.39, 0.29) is 21.8 Å². The van der Waals surface area contributed by atoms with Gasteiger partial charge in [-0.1, -0.05) is 18.2 Å². The first-order valence-corrected chi connectivity index (χ1v) is 12.8. The van der Waals surface area contributed by atoms with E-state index in [1.54, 1.807) is 17.7 Å². The van der Waals surface area contributed by atoms with Crippen LogP contribution in [0.2, 0.25) is 0 Å². The van der Waals surface area contributed by atoms with Crippen molar-refractivity contribution in [3.8, 4) is 5.75 Å². The normalized spacial score (nSPS) is 28.7. The molecule has 4 bridgehead atoms. The number of nitrogens with one attached hydrogen (secondary N) is 2. The van der Waals surface area contributed by atoms with Gasteiger partial charge in [-0.2, -0.15) is 0 Å². The van der Waals surface area contributed by atoms with E-state index in [9.17, 15) is 9.59 Å². The van der Waals surface area contributed by atoms with E-state index in [1.807, 2.05) is 48.5 Å². The fraction of sp³-hybridized carbons (Fsp3) is 0.429. The molecule has 4 aliphatic rings. The van der Waals surface area contributed by atoms with Crippen LogP contribution in [0.5, 0.6) is 5.75 Å². The van der Waals surface area contributed by atoms with Gasteiger partial charge < -0.3 is 9.30 Å². The third-order valence-electron chi connectivity index (χ3n) is 8.31. The molecule has 0 radical (unpaired) electrons. The zero-order valence-electron chi connectivity index (χ0n) is 19.9. The molecule has 4 aliphatic carbocycles. The highest BCUT2D eigenvalue weighted by Gasteiger charge is 2.60. The molecule has 2 atom stereocenters. The van der Waals surface area contributed by atoms with Crippen LogP contribution in [0, 0.1) is 17.3 Å². The fourth-order valence-electron chi connectivity index (χ4n) is 7.19. The third-order valence-corrected chi connectivity index (χ3v) is 8.76. The summed E-state index contributed by atoms with van der Waals surface area (Å²) in [5, 5.41) is 0.875. The molecule has 2 aromatic carbocycles. The second-order valence-electron chi connectivity index (χ2n) is 10.8. The number of carbonyl (C=O) groups excluding carboxylic acids is 1. The van der Waals surface area contributed by atoms with Gasteiger partial charge in [0.05, 0.1) is 30.3 Å². The number of pyridine rings is 1. The average molecular weight is 492 g/mol. The number of alkyl halides is 1. The highest BCUT2D eigenvalue weighted by atomic mass is 35.5. The predicted octanol–water partition coefficient (Wildman–Crippen LogP) is 5.08. The SMILES string of the molecule is COc1ccc(Cn2c(=O)ccc3c(NNC(=O)C45CC6CC(CC(Cl)(C6)C4)C5)cccc32)cc1. The average Bonchev–Trinajstić information content (AvgIpc) is 2.83. The van der Waals surface area contributed by atoms with Crippen LogP contribution in [0.15, 0.2) is 59.4 Å². The first-order chi connectivity index (χ1) is 16.9. The number of hydrogen-bond donors (Lipinski definition) is 2. The van der Waals surface area contributed by atoms with Crippen LogP contribution in [0.25, 0.3) is 10.9 Å². The number of hydrazine groups is 1. The Hall–Kier alpha value is -2.99. The molecule has 2 N–H and O–H groups in total. The van der Waals surface area contributed by atoms with Crippen molar-refractivity contribution in [1.82, 2.24) is 9.99 Å². The lowest BCUT2D eigenvalue weighted by Gasteiger charge is -2.59. The van der Waals surface area contributed by atoms with Crippen molar-refractivity contribution in [2.45, 2.75) is 49.9 Å². The number of nitrogens with zero attached hydrogens (tertiary/aromatic N) is 1. The zero-order chi connectivity index (χ0) is 24.2. The molecule has 6 nitrogen and oxygen atoms in total. The maximum absolute atomic E-state index is 13.5. The summed E-state index contributed by atoms with van der Waals surface area (Å²) < 4.78 is 6.99. The van der Waals surface area contributed by atoms with Gasteiger partial charge in [-0.05, 0) is 86.3 Å². The predicted molar refractivity (Wildman–Crippen MR) is 138 cm³/mol. The van der Waals surface area contributed by atoms with Crippen LogP contribution >= 0.6 is 11.6 Å². The Labute approximate surface area is 209 Å². The van der Waals surface area contributed by atoms with E-state index in [4.69, 9.17) is 16.3 Å². The van der Waals surface area contributed by atoms with Crippen LogP contribution in [0.4, 0.5) is 5.69 Å². The Bertz CT molecular complexity index is 1340. The minimum atomic E-state index is -0.375. The minimum Gasteiger partial charge on any atom is -0.497 e. The number of benzene rings is 2. The Morgan fingerprint density at radius 1 is 1.06 bits per heavy atom. The molecular formula is C28H30ClN3O3. The van der Waals surface area contributed by atoms with Crippen molar-refractivity contribution in [3.63, 3.8) is 0 Å². The van der Waals surface area contributed by atoms with Gasteiger partial charge in [0.2, 0.25) is 5.91 Å². The molecule has 2 unspecified atom stereocenters. The first-order valence-electron chi connectivity index (χ1n) is 12.4. The van der Waals surface area contributed by atoms with Crippen LogP contribution in [0.3, 0.4) is 0 Å². The van der Waals surface area contributed by atoms with Gasteiger partial charge in [0.1, 0.15) is 5.75 Å². The van der Waals surface area contributed by atoms with E-state index in [2.05, 4.69) is 10.9 Å². The van der Waals surface area contributed by atoms with E-state index < -0.39 is 0 Å². The maximum atomic E-state index is 13.5. The number of anilines is 1. The van der Waals surface area contributed by atoms with Crippen LogP contribution in [-0.2, 0) is 11.3 Å². The quantitative estimate of drug-likeness (QED) is 0.372. The summed E-state index contributed by atoms with van der Waals surface area (Å²) in [5.74, 6) is 1.94.